The van der Waals surface area contributed by atoms with E-state index < -0.39 is 10.0 Å². The topological polar surface area (TPSA) is 72.6 Å². The highest BCUT2D eigenvalue weighted by atomic mass is 32.2. The summed E-state index contributed by atoms with van der Waals surface area (Å²) in [6, 6.07) is 7.00. The first-order valence-corrected chi connectivity index (χ1v) is 9.53. The average Bonchev–Trinajstić information content (AvgIpc) is 2.37. The van der Waals surface area contributed by atoms with Crippen LogP contribution in [-0.2, 0) is 10.0 Å². The van der Waals surface area contributed by atoms with Crippen LogP contribution in [-0.4, -0.2) is 48.7 Å². The molecule has 0 aliphatic carbocycles. The first-order chi connectivity index (χ1) is 9.87. The standard InChI is InChI=1S/C14H22N2O3S2/c1-11-9-16(10-12(2)20-11)21(17,18)7-6-19-14-5-3-4-13(15)8-14/h3-5,8,11-12H,6-7,9-10,15H2,1-2H3. The normalized spacial score (nSPS) is 23.9. The van der Waals surface area contributed by atoms with Crippen molar-refractivity contribution < 1.29 is 13.2 Å². The second-order valence-corrected chi connectivity index (χ2v) is 9.28. The van der Waals surface area contributed by atoms with Crippen LogP contribution in [0.5, 0.6) is 5.75 Å². The second-order valence-electron chi connectivity index (χ2n) is 5.31. The molecule has 21 heavy (non-hydrogen) atoms. The summed E-state index contributed by atoms with van der Waals surface area (Å²) in [6.45, 7) is 5.42. The number of anilines is 1. The largest absolute Gasteiger partial charge is 0.492 e. The van der Waals surface area contributed by atoms with Crippen LogP contribution in [0.4, 0.5) is 5.69 Å². The van der Waals surface area contributed by atoms with E-state index in [4.69, 9.17) is 10.5 Å². The summed E-state index contributed by atoms with van der Waals surface area (Å²) in [4.78, 5) is 0. The van der Waals surface area contributed by atoms with Gasteiger partial charge in [0.15, 0.2) is 0 Å². The molecule has 0 radical (unpaired) electrons. The molecular formula is C14H22N2O3S2. The Hall–Kier alpha value is -0.920. The summed E-state index contributed by atoms with van der Waals surface area (Å²) in [5.74, 6) is 0.590. The van der Waals surface area contributed by atoms with E-state index >= 15 is 0 Å². The molecule has 1 saturated heterocycles. The molecule has 0 saturated carbocycles. The molecule has 5 nitrogen and oxygen atoms in total. The van der Waals surface area contributed by atoms with Crippen molar-refractivity contribution in [2.45, 2.75) is 24.3 Å². The van der Waals surface area contributed by atoms with Crippen LogP contribution in [0, 0.1) is 0 Å². The summed E-state index contributed by atoms with van der Waals surface area (Å²) in [5.41, 5.74) is 6.26. The van der Waals surface area contributed by atoms with Gasteiger partial charge in [0.25, 0.3) is 0 Å². The maximum atomic E-state index is 12.3. The van der Waals surface area contributed by atoms with E-state index in [1.807, 2.05) is 11.8 Å². The molecule has 1 heterocycles. The highest BCUT2D eigenvalue weighted by Gasteiger charge is 2.30. The van der Waals surface area contributed by atoms with Crippen molar-refractivity contribution in [3.63, 3.8) is 0 Å². The van der Waals surface area contributed by atoms with Gasteiger partial charge in [-0.1, -0.05) is 19.9 Å². The minimum Gasteiger partial charge on any atom is -0.492 e. The zero-order valence-corrected chi connectivity index (χ0v) is 14.0. The average molecular weight is 330 g/mol. The molecule has 2 rings (SSSR count). The van der Waals surface area contributed by atoms with Crippen LogP contribution in [0.25, 0.3) is 0 Å². The van der Waals surface area contributed by atoms with Gasteiger partial charge in [0.1, 0.15) is 12.4 Å². The van der Waals surface area contributed by atoms with Crippen molar-refractivity contribution in [3.8, 4) is 5.75 Å². The number of rotatable bonds is 5. The van der Waals surface area contributed by atoms with E-state index in [9.17, 15) is 8.42 Å². The molecule has 0 amide bonds. The van der Waals surface area contributed by atoms with E-state index in [1.165, 1.54) is 0 Å². The molecule has 0 aromatic heterocycles. The minimum absolute atomic E-state index is 0.00803. The first kappa shape index (κ1) is 16.5. The number of sulfonamides is 1. The number of thioether (sulfide) groups is 1. The van der Waals surface area contributed by atoms with Gasteiger partial charge < -0.3 is 10.5 Å². The van der Waals surface area contributed by atoms with E-state index in [1.54, 1.807) is 28.6 Å². The molecule has 1 aromatic rings. The fraction of sp³-hybridized carbons (Fsp3) is 0.571. The third-order valence-electron chi connectivity index (χ3n) is 3.25. The number of ether oxygens (including phenoxy) is 1. The van der Waals surface area contributed by atoms with Gasteiger partial charge in [-0.05, 0) is 12.1 Å². The quantitative estimate of drug-likeness (QED) is 0.834. The van der Waals surface area contributed by atoms with Crippen LogP contribution in [0.2, 0.25) is 0 Å². The zero-order chi connectivity index (χ0) is 15.5. The van der Waals surface area contributed by atoms with Gasteiger partial charge in [-0.15, -0.1) is 0 Å². The molecule has 2 atom stereocenters. The lowest BCUT2D eigenvalue weighted by Gasteiger charge is -2.33. The fourth-order valence-corrected chi connectivity index (χ4v) is 5.32. The molecule has 2 unspecified atom stereocenters. The van der Waals surface area contributed by atoms with Gasteiger partial charge in [0, 0.05) is 35.3 Å². The molecule has 7 heteroatoms. The molecule has 1 fully saturated rings. The number of nitrogen functional groups attached to an aromatic ring is 1. The lowest BCUT2D eigenvalue weighted by Crippen LogP contribution is -2.45. The number of hydrogen-bond acceptors (Lipinski definition) is 5. The maximum Gasteiger partial charge on any atom is 0.217 e. The third kappa shape index (κ3) is 4.79. The first-order valence-electron chi connectivity index (χ1n) is 6.98. The molecule has 1 aliphatic heterocycles. The van der Waals surface area contributed by atoms with Crippen molar-refractivity contribution in [1.29, 1.82) is 0 Å². The van der Waals surface area contributed by atoms with Gasteiger partial charge in [0.2, 0.25) is 10.0 Å². The van der Waals surface area contributed by atoms with E-state index in [-0.39, 0.29) is 12.4 Å². The van der Waals surface area contributed by atoms with Gasteiger partial charge in [-0.2, -0.15) is 16.1 Å². The Morgan fingerprint density at radius 3 is 2.62 bits per heavy atom. The predicted octanol–water partition coefficient (Wildman–Crippen LogP) is 1.80. The third-order valence-corrected chi connectivity index (χ3v) is 6.24. The summed E-state index contributed by atoms with van der Waals surface area (Å²) in [7, 11) is -3.27. The summed E-state index contributed by atoms with van der Waals surface area (Å²) >= 11 is 1.83. The Balaban J connectivity index is 1.89. The number of nitrogens with zero attached hydrogens (tertiary/aromatic N) is 1. The van der Waals surface area contributed by atoms with Crippen LogP contribution in [0.3, 0.4) is 0 Å². The SMILES string of the molecule is CC1CN(S(=O)(=O)CCOc2cccc(N)c2)CC(C)S1. The summed E-state index contributed by atoms with van der Waals surface area (Å²) in [6.07, 6.45) is 0. The van der Waals surface area contributed by atoms with Crippen LogP contribution < -0.4 is 10.5 Å². The van der Waals surface area contributed by atoms with Gasteiger partial charge in [0.05, 0.1) is 5.75 Å². The number of benzene rings is 1. The van der Waals surface area contributed by atoms with Crippen molar-refractivity contribution in [2.24, 2.45) is 0 Å². The molecule has 1 aromatic carbocycles. The minimum atomic E-state index is -3.27. The van der Waals surface area contributed by atoms with Crippen molar-refractivity contribution >= 4 is 27.5 Å². The monoisotopic (exact) mass is 330 g/mol. The van der Waals surface area contributed by atoms with Gasteiger partial charge in [-0.25, -0.2) is 8.42 Å². The Morgan fingerprint density at radius 2 is 2.00 bits per heavy atom. The molecular weight excluding hydrogens is 308 g/mol. The molecule has 118 valence electrons. The van der Waals surface area contributed by atoms with Crippen molar-refractivity contribution in [3.05, 3.63) is 24.3 Å². The fourth-order valence-electron chi connectivity index (χ4n) is 2.36. The summed E-state index contributed by atoms with van der Waals surface area (Å²) in [5, 5.41) is 0.664. The molecule has 0 spiro atoms. The Morgan fingerprint density at radius 1 is 1.33 bits per heavy atom. The van der Waals surface area contributed by atoms with E-state index in [0.717, 1.165) is 0 Å². The van der Waals surface area contributed by atoms with Crippen molar-refractivity contribution in [2.75, 3.05) is 31.2 Å². The van der Waals surface area contributed by atoms with Gasteiger partial charge in [-0.3, -0.25) is 0 Å². The number of hydrogen-bond donors (Lipinski definition) is 1. The lowest BCUT2D eigenvalue weighted by molar-refractivity contribution is 0.333. The predicted molar refractivity (Wildman–Crippen MR) is 88.2 cm³/mol. The second kappa shape index (κ2) is 6.89. The van der Waals surface area contributed by atoms with Crippen molar-refractivity contribution in [1.82, 2.24) is 4.31 Å². The summed E-state index contributed by atoms with van der Waals surface area (Å²) < 4.78 is 31.8. The number of nitrogens with two attached hydrogens (primary N) is 1. The molecule has 1 aliphatic rings. The molecule has 0 bridgehead atoms. The van der Waals surface area contributed by atoms with Gasteiger partial charge >= 0.3 is 0 Å². The smallest absolute Gasteiger partial charge is 0.217 e. The molecule has 2 N–H and O–H groups in total. The highest BCUT2D eigenvalue weighted by Crippen LogP contribution is 2.26. The van der Waals surface area contributed by atoms with Crippen LogP contribution in [0.1, 0.15) is 13.8 Å². The highest BCUT2D eigenvalue weighted by molar-refractivity contribution is 8.00. The maximum absolute atomic E-state index is 12.3. The van der Waals surface area contributed by atoms with Crippen LogP contribution in [0.15, 0.2) is 24.3 Å². The Kier molecular flexibility index (Phi) is 5.40. The van der Waals surface area contributed by atoms with Crippen LogP contribution >= 0.6 is 11.8 Å². The Labute approximate surface area is 130 Å². The van der Waals surface area contributed by atoms with E-state index in [2.05, 4.69) is 13.8 Å². The zero-order valence-electron chi connectivity index (χ0n) is 12.4. The van der Waals surface area contributed by atoms with E-state index in [0.29, 0.717) is 35.0 Å². The lowest BCUT2D eigenvalue weighted by atomic mass is 10.3. The Bertz CT molecular complexity index is 567.